The van der Waals surface area contributed by atoms with Gasteiger partial charge in [-0.2, -0.15) is 0 Å². The van der Waals surface area contributed by atoms with E-state index in [9.17, 15) is 4.79 Å². The number of carbonyl (C=O) groups excluding carboxylic acids is 1. The molecule has 0 N–H and O–H groups in total. The lowest BCUT2D eigenvalue weighted by molar-refractivity contribution is 0.109. The van der Waals surface area contributed by atoms with Crippen molar-refractivity contribution in [2.24, 2.45) is 0 Å². The second kappa shape index (κ2) is 3.91. The minimum absolute atomic E-state index is 0.0464. The Hall–Kier alpha value is -1.67. The highest BCUT2D eigenvalue weighted by molar-refractivity contribution is 9.18. The molecule has 1 aliphatic carbocycles. The van der Waals surface area contributed by atoms with Crippen molar-refractivity contribution in [2.45, 2.75) is 12.8 Å². The lowest BCUT2D eigenvalue weighted by Gasteiger charge is -2.15. The van der Waals surface area contributed by atoms with E-state index < -0.39 is 0 Å². The van der Waals surface area contributed by atoms with E-state index in [1.165, 1.54) is 26.9 Å². The van der Waals surface area contributed by atoms with Crippen molar-refractivity contribution in [3.63, 3.8) is 0 Å². The van der Waals surface area contributed by atoms with Crippen LogP contribution in [-0.2, 0) is 6.42 Å². The number of hydrogen-bond donors (Lipinski definition) is 0. The van der Waals surface area contributed by atoms with Gasteiger partial charge in [0.25, 0.3) is 0 Å². The fourth-order valence-electron chi connectivity index (χ4n) is 3.18. The average molecular weight is 311 g/mol. The van der Waals surface area contributed by atoms with Gasteiger partial charge in [-0.1, -0.05) is 36.4 Å². The lowest BCUT2D eigenvalue weighted by atomic mass is 9.89. The molecule has 0 atom stereocenters. The van der Waals surface area contributed by atoms with E-state index in [-0.39, 0.29) is 4.69 Å². The summed E-state index contributed by atoms with van der Waals surface area (Å²) < 4.78 is -0.0464. The molecule has 0 heterocycles. The molecule has 0 spiro atoms. The zero-order valence-corrected chi connectivity index (χ0v) is 11.8. The first-order valence-corrected chi connectivity index (χ1v) is 7.22. The molecule has 3 aromatic rings. The van der Waals surface area contributed by atoms with Crippen molar-refractivity contribution < 1.29 is 4.79 Å². The van der Waals surface area contributed by atoms with E-state index in [2.05, 4.69) is 46.3 Å². The largest absolute Gasteiger partial charge is 0.281 e. The van der Waals surface area contributed by atoms with E-state index in [0.29, 0.717) is 0 Å². The number of halogens is 1. The minimum atomic E-state index is -0.0464. The zero-order valence-electron chi connectivity index (χ0n) is 10.2. The van der Waals surface area contributed by atoms with Crippen molar-refractivity contribution in [2.75, 3.05) is 0 Å². The highest BCUT2D eigenvalue weighted by atomic mass is 79.9. The Morgan fingerprint density at radius 1 is 1.00 bits per heavy atom. The number of carbonyl (C=O) groups is 1. The molecule has 0 amide bonds. The summed E-state index contributed by atoms with van der Waals surface area (Å²) in [5.41, 5.74) is 2.15. The zero-order chi connectivity index (χ0) is 13.0. The molecule has 2 heteroatoms. The van der Waals surface area contributed by atoms with Gasteiger partial charge in [0.1, 0.15) is 0 Å². The SMILES string of the molecule is O=C(Br)c1ccc2ccc3c4c(ccc1c24)=CCC3. The third kappa shape index (κ3) is 1.50. The second-order valence-electron chi connectivity index (χ2n) is 5.03. The summed E-state index contributed by atoms with van der Waals surface area (Å²) in [5, 5.41) is 6.13. The van der Waals surface area contributed by atoms with E-state index in [4.69, 9.17) is 0 Å². The number of aryl methyl sites for hydroxylation is 1. The number of hydrogen-bond acceptors (Lipinski definition) is 1. The predicted molar refractivity (Wildman–Crippen MR) is 82.7 cm³/mol. The molecule has 92 valence electrons. The van der Waals surface area contributed by atoms with Crippen LogP contribution in [0.4, 0.5) is 0 Å². The maximum atomic E-state index is 11.7. The molecule has 0 bridgehead atoms. The fourth-order valence-corrected chi connectivity index (χ4v) is 3.53. The molecule has 0 saturated heterocycles. The summed E-state index contributed by atoms with van der Waals surface area (Å²) >= 11 is 3.09. The Kier molecular flexibility index (Phi) is 2.30. The van der Waals surface area contributed by atoms with E-state index in [1.807, 2.05) is 12.1 Å². The van der Waals surface area contributed by atoms with Gasteiger partial charge in [-0.05, 0) is 67.2 Å². The van der Waals surface area contributed by atoms with Crippen LogP contribution in [0.3, 0.4) is 0 Å². The van der Waals surface area contributed by atoms with Crippen molar-refractivity contribution >= 4 is 48.2 Å². The molecule has 0 saturated carbocycles. The third-order valence-electron chi connectivity index (χ3n) is 4.02. The Morgan fingerprint density at radius 2 is 1.84 bits per heavy atom. The van der Waals surface area contributed by atoms with Crippen LogP contribution >= 0.6 is 15.9 Å². The van der Waals surface area contributed by atoms with Crippen LogP contribution in [0.2, 0.25) is 0 Å². The first-order chi connectivity index (χ1) is 9.25. The quantitative estimate of drug-likeness (QED) is 0.621. The summed E-state index contributed by atoms with van der Waals surface area (Å²) in [6.07, 6.45) is 4.49. The summed E-state index contributed by atoms with van der Waals surface area (Å²) in [6, 6.07) is 12.6. The van der Waals surface area contributed by atoms with Crippen LogP contribution in [-0.4, -0.2) is 4.69 Å². The van der Waals surface area contributed by atoms with Crippen molar-refractivity contribution in [3.8, 4) is 0 Å². The number of benzene rings is 3. The van der Waals surface area contributed by atoms with Crippen molar-refractivity contribution in [3.05, 3.63) is 52.7 Å². The van der Waals surface area contributed by atoms with Gasteiger partial charge in [-0.15, -0.1) is 0 Å². The van der Waals surface area contributed by atoms with Crippen molar-refractivity contribution in [1.29, 1.82) is 0 Å². The highest BCUT2D eigenvalue weighted by Crippen LogP contribution is 2.32. The second-order valence-corrected chi connectivity index (χ2v) is 5.75. The Labute approximate surface area is 119 Å². The molecule has 0 aliphatic heterocycles. The van der Waals surface area contributed by atoms with Gasteiger partial charge in [-0.25, -0.2) is 0 Å². The lowest BCUT2D eigenvalue weighted by Crippen LogP contribution is -2.10. The molecule has 3 aromatic carbocycles. The first-order valence-electron chi connectivity index (χ1n) is 6.43. The predicted octanol–water partition coefficient (Wildman–Crippen LogP) is 3.97. The highest BCUT2D eigenvalue weighted by Gasteiger charge is 2.14. The van der Waals surface area contributed by atoms with Crippen LogP contribution < -0.4 is 5.22 Å². The van der Waals surface area contributed by atoms with Gasteiger partial charge < -0.3 is 0 Å². The van der Waals surface area contributed by atoms with Gasteiger partial charge in [0, 0.05) is 5.56 Å². The summed E-state index contributed by atoms with van der Waals surface area (Å²) in [6.45, 7) is 0. The van der Waals surface area contributed by atoms with Crippen LogP contribution in [0.5, 0.6) is 0 Å². The Bertz CT molecular complexity index is 893. The van der Waals surface area contributed by atoms with Crippen molar-refractivity contribution in [1.82, 2.24) is 0 Å². The minimum Gasteiger partial charge on any atom is -0.281 e. The molecule has 1 nitrogen and oxygen atoms in total. The van der Waals surface area contributed by atoms with Crippen LogP contribution in [0, 0.1) is 0 Å². The molecule has 19 heavy (non-hydrogen) atoms. The molecule has 4 rings (SSSR count). The van der Waals surface area contributed by atoms with Gasteiger partial charge in [-0.3, -0.25) is 4.79 Å². The van der Waals surface area contributed by atoms with Gasteiger partial charge >= 0.3 is 0 Å². The van der Waals surface area contributed by atoms with Gasteiger partial charge in [0.05, 0.1) is 0 Å². The molecule has 0 radical (unpaired) electrons. The molecular weight excluding hydrogens is 300 g/mol. The summed E-state index contributed by atoms with van der Waals surface area (Å²) in [4.78, 5) is 11.7. The van der Waals surface area contributed by atoms with Gasteiger partial charge in [0.15, 0.2) is 0 Å². The first kappa shape index (κ1) is 11.2. The topological polar surface area (TPSA) is 17.1 Å². The molecular formula is C17H11BrO. The molecule has 0 unspecified atom stereocenters. The third-order valence-corrected chi connectivity index (χ3v) is 4.45. The van der Waals surface area contributed by atoms with Crippen LogP contribution in [0.1, 0.15) is 22.3 Å². The van der Waals surface area contributed by atoms with Crippen LogP contribution in [0.25, 0.3) is 27.6 Å². The molecule has 0 fully saturated rings. The molecule has 1 aliphatic rings. The number of rotatable bonds is 1. The van der Waals surface area contributed by atoms with Crippen LogP contribution in [0.15, 0.2) is 36.4 Å². The smallest absolute Gasteiger partial charge is 0.228 e. The summed E-state index contributed by atoms with van der Waals surface area (Å²) in [7, 11) is 0. The van der Waals surface area contributed by atoms with E-state index in [0.717, 1.165) is 23.8 Å². The Balaban J connectivity index is 2.34. The van der Waals surface area contributed by atoms with E-state index in [1.54, 1.807) is 0 Å². The Morgan fingerprint density at radius 3 is 2.68 bits per heavy atom. The van der Waals surface area contributed by atoms with Gasteiger partial charge in [0.2, 0.25) is 4.69 Å². The standard InChI is InChI=1S/C17H11BrO/c18-17(19)14-9-7-12-5-4-10-2-1-3-11-6-8-13(14)16(12)15(10)11/h3-9H,1-2H2. The maximum Gasteiger partial charge on any atom is 0.228 e. The maximum absolute atomic E-state index is 11.7. The normalized spacial score (nSPS) is 13.7. The monoisotopic (exact) mass is 310 g/mol. The fraction of sp³-hybridized carbons (Fsp3) is 0.118. The summed E-state index contributed by atoms with van der Waals surface area (Å²) in [5.74, 6) is 0. The van der Waals surface area contributed by atoms with E-state index >= 15 is 0 Å². The molecule has 0 aromatic heterocycles. The average Bonchev–Trinajstić information content (AvgIpc) is 2.44.